The number of nitrogens with zero attached hydrogens (tertiary/aromatic N) is 3. The van der Waals surface area contributed by atoms with Crippen LogP contribution in [0.15, 0.2) is 12.3 Å². The molecule has 0 aliphatic carbocycles. The maximum absolute atomic E-state index is 12.7. The maximum atomic E-state index is 12.7. The zero-order valence-corrected chi connectivity index (χ0v) is 17.0. The molecule has 0 radical (unpaired) electrons. The van der Waals surface area contributed by atoms with Gasteiger partial charge in [-0.15, -0.1) is 11.3 Å². The van der Waals surface area contributed by atoms with Crippen molar-refractivity contribution < 1.29 is 4.79 Å². The van der Waals surface area contributed by atoms with E-state index in [-0.39, 0.29) is 11.9 Å². The molecule has 1 N–H and O–H groups in total. The van der Waals surface area contributed by atoms with Crippen molar-refractivity contribution in [1.82, 2.24) is 20.1 Å². The van der Waals surface area contributed by atoms with Crippen molar-refractivity contribution in [3.05, 3.63) is 28.3 Å². The summed E-state index contributed by atoms with van der Waals surface area (Å²) in [6, 6.07) is 2.10. The summed E-state index contributed by atoms with van der Waals surface area (Å²) in [5, 5.41) is 4.26. The van der Waals surface area contributed by atoms with Crippen LogP contribution < -0.4 is 5.32 Å². The third-order valence-corrected chi connectivity index (χ3v) is 5.55. The van der Waals surface area contributed by atoms with Gasteiger partial charge in [0.1, 0.15) is 4.83 Å². The van der Waals surface area contributed by atoms with Crippen LogP contribution in [0.5, 0.6) is 0 Å². The van der Waals surface area contributed by atoms with E-state index in [9.17, 15) is 4.79 Å². The standard InChI is InChI=1S/C19H30N4OS/c1-13-8-9-20-19-16(13)15(3)17(25-19)18(24)21-14(2)12-23(6)11-7-10-22(4)5/h8-9,14H,7,10-12H2,1-6H3,(H,21,24)/t14-/m0/s1. The predicted octanol–water partition coefficient (Wildman–Crippen LogP) is 2.91. The molecule has 0 spiro atoms. The van der Waals surface area contributed by atoms with E-state index in [2.05, 4.69) is 55.1 Å². The molecule has 0 aliphatic heterocycles. The van der Waals surface area contributed by atoms with Crippen LogP contribution >= 0.6 is 11.3 Å². The molecule has 0 fully saturated rings. The summed E-state index contributed by atoms with van der Waals surface area (Å²) < 4.78 is 0. The van der Waals surface area contributed by atoms with Crippen LogP contribution in [0.2, 0.25) is 0 Å². The second-order valence-corrected chi connectivity index (χ2v) is 8.16. The van der Waals surface area contributed by atoms with E-state index in [1.54, 1.807) is 6.20 Å². The highest BCUT2D eigenvalue weighted by Crippen LogP contribution is 2.31. The van der Waals surface area contributed by atoms with Gasteiger partial charge in [-0.3, -0.25) is 4.79 Å². The zero-order valence-electron chi connectivity index (χ0n) is 16.2. The minimum absolute atomic E-state index is 0.00842. The highest BCUT2D eigenvalue weighted by molar-refractivity contribution is 7.20. The van der Waals surface area contributed by atoms with Crippen molar-refractivity contribution in [2.24, 2.45) is 0 Å². The smallest absolute Gasteiger partial charge is 0.261 e. The summed E-state index contributed by atoms with van der Waals surface area (Å²) in [5.41, 5.74) is 2.21. The van der Waals surface area contributed by atoms with E-state index >= 15 is 0 Å². The number of amides is 1. The molecule has 0 aliphatic rings. The van der Waals surface area contributed by atoms with Crippen LogP contribution in [0.3, 0.4) is 0 Å². The van der Waals surface area contributed by atoms with Gasteiger partial charge in [0, 0.05) is 24.2 Å². The summed E-state index contributed by atoms with van der Waals surface area (Å²) in [7, 11) is 6.29. The lowest BCUT2D eigenvalue weighted by Crippen LogP contribution is -2.41. The van der Waals surface area contributed by atoms with Crippen molar-refractivity contribution in [2.75, 3.05) is 40.8 Å². The van der Waals surface area contributed by atoms with E-state index in [0.717, 1.165) is 46.7 Å². The van der Waals surface area contributed by atoms with Crippen LogP contribution in [0.25, 0.3) is 10.2 Å². The second-order valence-electron chi connectivity index (χ2n) is 7.16. The van der Waals surface area contributed by atoms with Crippen molar-refractivity contribution in [2.45, 2.75) is 33.2 Å². The molecular weight excluding hydrogens is 332 g/mol. The third kappa shape index (κ3) is 5.23. The Morgan fingerprint density at radius 1 is 1.28 bits per heavy atom. The first-order chi connectivity index (χ1) is 11.8. The van der Waals surface area contributed by atoms with Gasteiger partial charge in [0.05, 0.1) is 4.88 Å². The Morgan fingerprint density at radius 2 is 2.00 bits per heavy atom. The van der Waals surface area contributed by atoms with E-state index in [1.165, 1.54) is 16.9 Å². The molecule has 0 aromatic carbocycles. The lowest BCUT2D eigenvalue weighted by atomic mass is 10.1. The Morgan fingerprint density at radius 3 is 2.64 bits per heavy atom. The number of hydrogen-bond donors (Lipinski definition) is 1. The monoisotopic (exact) mass is 362 g/mol. The van der Waals surface area contributed by atoms with Gasteiger partial charge < -0.3 is 15.1 Å². The SMILES string of the molecule is Cc1ccnc2sc(C(=O)N[C@@H](C)CN(C)CCCN(C)C)c(C)c12. The van der Waals surface area contributed by atoms with Crippen molar-refractivity contribution in [3.8, 4) is 0 Å². The average molecular weight is 363 g/mol. The Balaban J connectivity index is 1.95. The summed E-state index contributed by atoms with van der Waals surface area (Å²) in [6.07, 6.45) is 2.94. The Kier molecular flexibility index (Phi) is 6.93. The number of aromatic nitrogens is 1. The molecule has 2 aromatic rings. The van der Waals surface area contributed by atoms with Crippen molar-refractivity contribution in [3.63, 3.8) is 0 Å². The molecule has 2 aromatic heterocycles. The van der Waals surface area contributed by atoms with E-state index in [0.29, 0.717) is 0 Å². The number of rotatable bonds is 8. The molecule has 0 saturated heterocycles. The summed E-state index contributed by atoms with van der Waals surface area (Å²) >= 11 is 1.48. The first-order valence-electron chi connectivity index (χ1n) is 8.78. The number of fused-ring (bicyclic) bond motifs is 1. The zero-order chi connectivity index (χ0) is 18.6. The summed E-state index contributed by atoms with van der Waals surface area (Å²) in [5.74, 6) is 0.00842. The molecule has 0 bridgehead atoms. The molecule has 1 amide bonds. The Labute approximate surface area is 155 Å². The fraction of sp³-hybridized carbons (Fsp3) is 0.579. The number of carbonyl (C=O) groups is 1. The molecule has 1 atom stereocenters. The van der Waals surface area contributed by atoms with Gasteiger partial charge in [-0.2, -0.15) is 0 Å². The largest absolute Gasteiger partial charge is 0.348 e. The lowest BCUT2D eigenvalue weighted by Gasteiger charge is -2.22. The molecule has 25 heavy (non-hydrogen) atoms. The first kappa shape index (κ1) is 19.8. The summed E-state index contributed by atoms with van der Waals surface area (Å²) in [4.78, 5) is 23.3. The molecule has 6 heteroatoms. The fourth-order valence-electron chi connectivity index (χ4n) is 3.12. The Hall–Kier alpha value is -1.50. The highest BCUT2D eigenvalue weighted by atomic mass is 32.1. The van der Waals surface area contributed by atoms with E-state index in [4.69, 9.17) is 0 Å². The minimum atomic E-state index is 0.00842. The number of pyridine rings is 1. The quantitative estimate of drug-likeness (QED) is 0.784. The molecular formula is C19H30N4OS. The molecule has 0 unspecified atom stereocenters. The first-order valence-corrected chi connectivity index (χ1v) is 9.60. The predicted molar refractivity (Wildman–Crippen MR) is 107 cm³/mol. The van der Waals surface area contributed by atoms with E-state index < -0.39 is 0 Å². The van der Waals surface area contributed by atoms with Gasteiger partial charge in [-0.1, -0.05) is 0 Å². The summed E-state index contributed by atoms with van der Waals surface area (Å²) in [6.45, 7) is 9.10. The number of thiophene rings is 1. The van der Waals surface area contributed by atoms with Gasteiger partial charge in [0.25, 0.3) is 5.91 Å². The Bertz CT molecular complexity index is 726. The third-order valence-electron chi connectivity index (χ3n) is 4.35. The molecule has 0 saturated carbocycles. The fourth-order valence-corrected chi connectivity index (χ4v) is 4.25. The van der Waals surface area contributed by atoms with Crippen LogP contribution in [-0.2, 0) is 0 Å². The van der Waals surface area contributed by atoms with Crippen molar-refractivity contribution >= 4 is 27.5 Å². The number of carbonyl (C=O) groups excluding carboxylic acids is 1. The number of nitrogens with one attached hydrogen (secondary N) is 1. The van der Waals surface area contributed by atoms with Gasteiger partial charge in [-0.25, -0.2) is 4.98 Å². The lowest BCUT2D eigenvalue weighted by molar-refractivity contribution is 0.0935. The second kappa shape index (κ2) is 8.74. The minimum Gasteiger partial charge on any atom is -0.348 e. The molecule has 5 nitrogen and oxygen atoms in total. The van der Waals surface area contributed by atoms with Crippen LogP contribution in [0.4, 0.5) is 0 Å². The number of hydrogen-bond acceptors (Lipinski definition) is 5. The maximum Gasteiger partial charge on any atom is 0.261 e. The molecule has 2 heterocycles. The average Bonchev–Trinajstić information content (AvgIpc) is 2.85. The van der Waals surface area contributed by atoms with Crippen LogP contribution in [0, 0.1) is 13.8 Å². The topological polar surface area (TPSA) is 48.5 Å². The normalized spacial score (nSPS) is 13.0. The van der Waals surface area contributed by atoms with Gasteiger partial charge in [0.2, 0.25) is 0 Å². The van der Waals surface area contributed by atoms with Crippen LogP contribution in [0.1, 0.15) is 34.1 Å². The van der Waals surface area contributed by atoms with Crippen LogP contribution in [-0.4, -0.2) is 67.5 Å². The highest BCUT2D eigenvalue weighted by Gasteiger charge is 2.19. The van der Waals surface area contributed by atoms with Crippen molar-refractivity contribution in [1.29, 1.82) is 0 Å². The van der Waals surface area contributed by atoms with Gasteiger partial charge >= 0.3 is 0 Å². The number of likely N-dealkylation sites (N-methyl/N-ethyl adjacent to an activating group) is 1. The number of aryl methyl sites for hydroxylation is 2. The van der Waals surface area contributed by atoms with Gasteiger partial charge in [-0.05, 0) is 78.6 Å². The molecule has 2 rings (SSSR count). The molecule has 138 valence electrons. The van der Waals surface area contributed by atoms with E-state index in [1.807, 2.05) is 13.0 Å². The van der Waals surface area contributed by atoms with Gasteiger partial charge in [0.15, 0.2) is 0 Å².